The summed E-state index contributed by atoms with van der Waals surface area (Å²) in [5, 5.41) is 10.2. The predicted molar refractivity (Wildman–Crippen MR) is 91.3 cm³/mol. The molecule has 24 heavy (non-hydrogen) atoms. The maximum Gasteiger partial charge on any atom is 0.219 e. The molecule has 128 valence electrons. The Morgan fingerprint density at radius 1 is 1.21 bits per heavy atom. The molecule has 3 rings (SSSR count). The molecule has 1 aliphatic rings. The monoisotopic (exact) mass is 328 g/mol. The lowest BCUT2D eigenvalue weighted by Crippen LogP contribution is -2.36. The number of aliphatic hydroxyl groups is 1. The first-order valence-electron chi connectivity index (χ1n) is 8.30. The SMILES string of the molecule is CC(=O)N1CCN(Cc2cncn2Cc2ccccc2)C[C@@H](O)C1. The molecule has 0 radical (unpaired) electrons. The van der Waals surface area contributed by atoms with Gasteiger partial charge in [0.2, 0.25) is 5.91 Å². The van der Waals surface area contributed by atoms with Gasteiger partial charge in [0.15, 0.2) is 0 Å². The Labute approximate surface area is 142 Å². The van der Waals surface area contributed by atoms with Crippen LogP contribution in [0.2, 0.25) is 0 Å². The minimum Gasteiger partial charge on any atom is -0.390 e. The molecule has 1 atom stereocenters. The first-order valence-corrected chi connectivity index (χ1v) is 8.30. The van der Waals surface area contributed by atoms with E-state index in [9.17, 15) is 9.90 Å². The average molecular weight is 328 g/mol. The molecule has 1 aromatic heterocycles. The lowest BCUT2D eigenvalue weighted by atomic mass is 10.2. The largest absolute Gasteiger partial charge is 0.390 e. The Bertz CT molecular complexity index is 671. The van der Waals surface area contributed by atoms with Gasteiger partial charge in [0, 0.05) is 52.4 Å². The highest BCUT2D eigenvalue weighted by Gasteiger charge is 2.23. The van der Waals surface area contributed by atoms with Crippen LogP contribution in [-0.4, -0.2) is 62.6 Å². The molecule has 1 aromatic carbocycles. The van der Waals surface area contributed by atoms with Crippen LogP contribution in [0.5, 0.6) is 0 Å². The van der Waals surface area contributed by atoms with Crippen molar-refractivity contribution < 1.29 is 9.90 Å². The first kappa shape index (κ1) is 16.7. The van der Waals surface area contributed by atoms with Crippen molar-refractivity contribution >= 4 is 5.91 Å². The number of carbonyl (C=O) groups is 1. The molecular weight excluding hydrogens is 304 g/mol. The van der Waals surface area contributed by atoms with E-state index in [0.717, 1.165) is 25.3 Å². The van der Waals surface area contributed by atoms with E-state index in [2.05, 4.69) is 26.6 Å². The molecule has 0 aliphatic carbocycles. The molecular formula is C18H24N4O2. The van der Waals surface area contributed by atoms with Gasteiger partial charge in [-0.25, -0.2) is 4.98 Å². The minimum atomic E-state index is -0.512. The molecule has 2 heterocycles. The van der Waals surface area contributed by atoms with Gasteiger partial charge in [0.1, 0.15) is 0 Å². The van der Waals surface area contributed by atoms with E-state index in [1.807, 2.05) is 30.7 Å². The van der Waals surface area contributed by atoms with Crippen LogP contribution in [0.3, 0.4) is 0 Å². The summed E-state index contributed by atoms with van der Waals surface area (Å²) >= 11 is 0. The molecule has 1 aliphatic heterocycles. The number of benzene rings is 1. The number of β-amino-alcohol motifs (C(OH)–C–C–N with tert-alkyl or cyclic N) is 1. The number of nitrogens with zero attached hydrogens (tertiary/aromatic N) is 4. The van der Waals surface area contributed by atoms with Gasteiger partial charge < -0.3 is 14.6 Å². The Hall–Kier alpha value is -2.18. The molecule has 0 bridgehead atoms. The van der Waals surface area contributed by atoms with Crippen LogP contribution in [0.15, 0.2) is 42.9 Å². The number of aliphatic hydroxyl groups excluding tert-OH is 1. The zero-order chi connectivity index (χ0) is 16.9. The molecule has 0 unspecified atom stereocenters. The van der Waals surface area contributed by atoms with Crippen LogP contribution in [0.4, 0.5) is 0 Å². The van der Waals surface area contributed by atoms with Gasteiger partial charge in [-0.3, -0.25) is 9.69 Å². The van der Waals surface area contributed by atoms with Gasteiger partial charge in [-0.05, 0) is 5.56 Å². The normalized spacial score (nSPS) is 19.2. The van der Waals surface area contributed by atoms with Crippen molar-refractivity contribution in [2.24, 2.45) is 0 Å². The van der Waals surface area contributed by atoms with Crippen LogP contribution in [-0.2, 0) is 17.9 Å². The highest BCUT2D eigenvalue weighted by atomic mass is 16.3. The maximum atomic E-state index is 11.6. The van der Waals surface area contributed by atoms with Gasteiger partial charge in [0.25, 0.3) is 0 Å². The molecule has 0 saturated carbocycles. The lowest BCUT2D eigenvalue weighted by molar-refractivity contribution is -0.129. The highest BCUT2D eigenvalue weighted by Crippen LogP contribution is 2.12. The number of carbonyl (C=O) groups excluding carboxylic acids is 1. The van der Waals surface area contributed by atoms with Crippen LogP contribution in [0.25, 0.3) is 0 Å². The van der Waals surface area contributed by atoms with Gasteiger partial charge in [-0.2, -0.15) is 0 Å². The molecule has 2 aromatic rings. The smallest absolute Gasteiger partial charge is 0.219 e. The fourth-order valence-electron chi connectivity index (χ4n) is 3.12. The highest BCUT2D eigenvalue weighted by molar-refractivity contribution is 5.73. The average Bonchev–Trinajstić information content (AvgIpc) is 2.88. The second-order valence-electron chi connectivity index (χ2n) is 6.35. The Morgan fingerprint density at radius 2 is 2.00 bits per heavy atom. The third-order valence-electron chi connectivity index (χ3n) is 4.41. The van der Waals surface area contributed by atoms with Crippen LogP contribution in [0.1, 0.15) is 18.2 Å². The second kappa shape index (κ2) is 7.59. The van der Waals surface area contributed by atoms with Crippen LogP contribution in [0, 0.1) is 0 Å². The summed E-state index contributed by atoms with van der Waals surface area (Å²) in [6, 6.07) is 10.3. The Morgan fingerprint density at radius 3 is 2.75 bits per heavy atom. The molecule has 6 nitrogen and oxygen atoms in total. The summed E-state index contributed by atoms with van der Waals surface area (Å²) in [4.78, 5) is 19.7. The molecule has 1 N–H and O–H groups in total. The summed E-state index contributed by atoms with van der Waals surface area (Å²) in [6.07, 6.45) is 3.21. The van der Waals surface area contributed by atoms with Crippen molar-refractivity contribution in [3.05, 3.63) is 54.1 Å². The van der Waals surface area contributed by atoms with Gasteiger partial charge in [-0.15, -0.1) is 0 Å². The number of rotatable bonds is 4. The van der Waals surface area contributed by atoms with E-state index < -0.39 is 6.10 Å². The summed E-state index contributed by atoms with van der Waals surface area (Å²) in [5.74, 6) is 0.0185. The number of aromatic nitrogens is 2. The maximum absolute atomic E-state index is 11.6. The molecule has 1 fully saturated rings. The van der Waals surface area contributed by atoms with Gasteiger partial charge in [-0.1, -0.05) is 30.3 Å². The van der Waals surface area contributed by atoms with Crippen molar-refractivity contribution in [3.63, 3.8) is 0 Å². The van der Waals surface area contributed by atoms with Crippen molar-refractivity contribution in [3.8, 4) is 0 Å². The molecule has 1 saturated heterocycles. The minimum absolute atomic E-state index is 0.0185. The van der Waals surface area contributed by atoms with Gasteiger partial charge in [0.05, 0.1) is 18.1 Å². The zero-order valence-corrected chi connectivity index (χ0v) is 14.0. The van der Waals surface area contributed by atoms with E-state index in [4.69, 9.17) is 0 Å². The van der Waals surface area contributed by atoms with E-state index in [1.54, 1.807) is 11.8 Å². The topological polar surface area (TPSA) is 61.6 Å². The van der Waals surface area contributed by atoms with Gasteiger partial charge >= 0.3 is 0 Å². The number of hydrogen-bond acceptors (Lipinski definition) is 4. The van der Waals surface area contributed by atoms with Crippen LogP contribution < -0.4 is 0 Å². The molecule has 1 amide bonds. The molecule has 0 spiro atoms. The van der Waals surface area contributed by atoms with E-state index >= 15 is 0 Å². The lowest BCUT2D eigenvalue weighted by Gasteiger charge is -2.21. The number of hydrogen-bond donors (Lipinski definition) is 1. The fraction of sp³-hybridized carbons (Fsp3) is 0.444. The first-order chi connectivity index (χ1) is 11.6. The quantitative estimate of drug-likeness (QED) is 0.908. The van der Waals surface area contributed by atoms with Crippen molar-refractivity contribution in [1.29, 1.82) is 0 Å². The predicted octanol–water partition coefficient (Wildman–Crippen LogP) is 0.956. The van der Waals surface area contributed by atoms with E-state index in [0.29, 0.717) is 19.6 Å². The molecule has 6 heteroatoms. The zero-order valence-electron chi connectivity index (χ0n) is 14.0. The number of amides is 1. The van der Waals surface area contributed by atoms with Crippen molar-refractivity contribution in [2.75, 3.05) is 26.2 Å². The second-order valence-corrected chi connectivity index (χ2v) is 6.35. The van der Waals surface area contributed by atoms with E-state index in [1.165, 1.54) is 5.56 Å². The Kier molecular flexibility index (Phi) is 5.27. The van der Waals surface area contributed by atoms with Crippen molar-refractivity contribution in [1.82, 2.24) is 19.4 Å². The third-order valence-corrected chi connectivity index (χ3v) is 4.41. The third kappa shape index (κ3) is 4.21. The van der Waals surface area contributed by atoms with Crippen LogP contribution >= 0.6 is 0 Å². The number of imidazole rings is 1. The van der Waals surface area contributed by atoms with Crippen molar-refractivity contribution in [2.45, 2.75) is 26.1 Å². The summed E-state index contributed by atoms with van der Waals surface area (Å²) in [6.45, 7) is 5.45. The summed E-state index contributed by atoms with van der Waals surface area (Å²) in [5.41, 5.74) is 2.35. The summed E-state index contributed by atoms with van der Waals surface area (Å²) in [7, 11) is 0. The standard InChI is InChI=1S/C18H24N4O2/c1-15(23)21-8-7-20(12-18(24)13-21)11-17-9-19-14-22(17)10-16-5-3-2-4-6-16/h2-6,9,14,18,24H,7-8,10-13H2,1H3/t18-/m1/s1. The summed E-state index contributed by atoms with van der Waals surface area (Å²) < 4.78 is 2.13. The Balaban J connectivity index is 1.66. The van der Waals surface area contributed by atoms with E-state index in [-0.39, 0.29) is 5.91 Å². The fourth-order valence-corrected chi connectivity index (χ4v) is 3.12.